The number of esters is 1. The van der Waals surface area contributed by atoms with Crippen molar-refractivity contribution in [3.8, 4) is 0 Å². The van der Waals surface area contributed by atoms with Gasteiger partial charge in [-0.15, -0.1) is 0 Å². The molecule has 1 fully saturated rings. The number of nitrogens with one attached hydrogen (secondary N) is 1. The van der Waals surface area contributed by atoms with E-state index >= 15 is 0 Å². The predicted molar refractivity (Wildman–Crippen MR) is 124 cm³/mol. The van der Waals surface area contributed by atoms with Gasteiger partial charge in [0.05, 0.1) is 25.1 Å². The van der Waals surface area contributed by atoms with E-state index in [1.54, 1.807) is 26.4 Å². The molecule has 0 radical (unpaired) electrons. The summed E-state index contributed by atoms with van der Waals surface area (Å²) >= 11 is 0. The minimum Gasteiger partial charge on any atom is -0.507 e. The Morgan fingerprint density at radius 1 is 1.18 bits per heavy atom. The number of aromatic amines is 1. The number of imidazole rings is 1. The van der Waals surface area contributed by atoms with E-state index < -0.39 is 23.7 Å². The topological polar surface area (TPSA) is 118 Å². The largest absolute Gasteiger partial charge is 0.507 e. The van der Waals surface area contributed by atoms with Gasteiger partial charge < -0.3 is 24.3 Å². The van der Waals surface area contributed by atoms with Gasteiger partial charge in [0.15, 0.2) is 0 Å². The van der Waals surface area contributed by atoms with E-state index in [0.29, 0.717) is 41.9 Å². The number of nitrogens with zero attached hydrogens (tertiary/aromatic N) is 3. The molecule has 0 spiro atoms. The van der Waals surface area contributed by atoms with Gasteiger partial charge in [0.2, 0.25) is 0 Å². The van der Waals surface area contributed by atoms with E-state index in [0.717, 1.165) is 0 Å². The average molecular weight is 463 g/mol. The van der Waals surface area contributed by atoms with Crippen LogP contribution in [0.2, 0.25) is 0 Å². The first-order valence-electron chi connectivity index (χ1n) is 10.9. The van der Waals surface area contributed by atoms with Gasteiger partial charge in [0.1, 0.15) is 11.5 Å². The average Bonchev–Trinajstić information content (AvgIpc) is 3.52. The summed E-state index contributed by atoms with van der Waals surface area (Å²) in [6.45, 7) is 4.29. The second kappa shape index (κ2) is 9.38. The molecule has 4 rings (SSSR count). The monoisotopic (exact) mass is 462 g/mol. The van der Waals surface area contributed by atoms with Crippen molar-refractivity contribution in [2.45, 2.75) is 32.9 Å². The molecule has 0 saturated carbocycles. The quantitative estimate of drug-likeness (QED) is 0.241. The number of ketones is 1. The minimum absolute atomic E-state index is 0.000414. The molecule has 2 aromatic heterocycles. The lowest BCUT2D eigenvalue weighted by atomic mass is 9.94. The Balaban J connectivity index is 1.78. The number of ether oxygens (including phenoxy) is 1. The Bertz CT molecular complexity index is 1260. The van der Waals surface area contributed by atoms with Gasteiger partial charge in [-0.3, -0.25) is 9.59 Å². The molecule has 1 saturated heterocycles. The number of likely N-dealkylation sites (tertiary alicyclic amines) is 1. The smallest absolute Gasteiger partial charge is 0.354 e. The van der Waals surface area contributed by atoms with Gasteiger partial charge in [-0.25, -0.2) is 9.78 Å². The number of aryl methyl sites for hydroxylation is 2. The summed E-state index contributed by atoms with van der Waals surface area (Å²) in [4.78, 5) is 46.9. The maximum absolute atomic E-state index is 13.2. The molecule has 0 unspecified atom stereocenters. The van der Waals surface area contributed by atoms with Crippen LogP contribution in [0.1, 0.15) is 45.3 Å². The van der Waals surface area contributed by atoms with Crippen LogP contribution in [0.4, 0.5) is 0 Å². The maximum atomic E-state index is 13.2. The van der Waals surface area contributed by atoms with Crippen LogP contribution in [0, 0.1) is 13.8 Å². The lowest BCUT2D eigenvalue weighted by Crippen LogP contribution is -2.31. The van der Waals surface area contributed by atoms with E-state index in [4.69, 9.17) is 4.74 Å². The first-order valence-corrected chi connectivity index (χ1v) is 10.9. The zero-order valence-corrected chi connectivity index (χ0v) is 19.2. The third-order valence-electron chi connectivity index (χ3n) is 6.09. The molecule has 1 amide bonds. The van der Waals surface area contributed by atoms with Crippen molar-refractivity contribution in [1.82, 2.24) is 19.4 Å². The van der Waals surface area contributed by atoms with Gasteiger partial charge in [-0.2, -0.15) is 0 Å². The van der Waals surface area contributed by atoms with Crippen LogP contribution < -0.4 is 0 Å². The maximum Gasteiger partial charge on any atom is 0.354 e. The van der Waals surface area contributed by atoms with Crippen molar-refractivity contribution in [1.29, 1.82) is 0 Å². The number of hydrogen-bond donors (Lipinski definition) is 2. The number of methoxy groups -OCH3 is 1. The predicted octanol–water partition coefficient (Wildman–Crippen LogP) is 3.13. The fourth-order valence-electron chi connectivity index (χ4n) is 4.48. The van der Waals surface area contributed by atoms with Gasteiger partial charge in [0.25, 0.3) is 11.7 Å². The summed E-state index contributed by atoms with van der Waals surface area (Å²) in [7, 11) is 1.27. The van der Waals surface area contributed by atoms with Crippen molar-refractivity contribution in [3.63, 3.8) is 0 Å². The van der Waals surface area contributed by atoms with E-state index in [-0.39, 0.29) is 17.0 Å². The summed E-state index contributed by atoms with van der Waals surface area (Å²) < 4.78 is 6.71. The number of Topliss-reactive ketones (excluding diaryl/α,β-unsaturated/α-hetero) is 1. The molecule has 2 N–H and O–H groups in total. The second-order valence-electron chi connectivity index (χ2n) is 8.17. The first-order chi connectivity index (χ1) is 16.3. The highest BCUT2D eigenvalue weighted by molar-refractivity contribution is 6.46. The SMILES string of the molecule is COC(=O)c1[nH]c(C)c(C(O)=C2C(=O)C(=O)N(CCCn3ccnc3)[C@H]2c2ccccc2)c1C. The second-order valence-corrected chi connectivity index (χ2v) is 8.17. The van der Waals surface area contributed by atoms with E-state index in [1.165, 1.54) is 12.0 Å². The Kier molecular flexibility index (Phi) is 6.36. The molecule has 1 atom stereocenters. The minimum atomic E-state index is -0.756. The lowest BCUT2D eigenvalue weighted by Gasteiger charge is -2.25. The number of amides is 1. The normalized spacial score (nSPS) is 17.4. The number of aromatic nitrogens is 3. The number of carbonyl (C=O) groups is 3. The van der Waals surface area contributed by atoms with Gasteiger partial charge in [0, 0.05) is 36.7 Å². The van der Waals surface area contributed by atoms with Crippen LogP contribution in [0.25, 0.3) is 5.76 Å². The van der Waals surface area contributed by atoms with Crippen molar-refractivity contribution in [3.05, 3.63) is 82.7 Å². The summed E-state index contributed by atoms with van der Waals surface area (Å²) in [5.41, 5.74) is 2.16. The fourth-order valence-corrected chi connectivity index (χ4v) is 4.48. The van der Waals surface area contributed by atoms with E-state index in [1.807, 2.05) is 41.1 Å². The van der Waals surface area contributed by atoms with Gasteiger partial charge >= 0.3 is 5.97 Å². The van der Waals surface area contributed by atoms with Crippen LogP contribution in [0.5, 0.6) is 0 Å². The Morgan fingerprint density at radius 2 is 1.91 bits per heavy atom. The number of hydrogen-bond acceptors (Lipinski definition) is 6. The third kappa shape index (κ3) is 4.00. The molecule has 9 heteroatoms. The molecule has 1 aromatic carbocycles. The molecule has 1 aliphatic rings. The van der Waals surface area contributed by atoms with Crippen molar-refractivity contribution >= 4 is 23.4 Å². The highest BCUT2D eigenvalue weighted by Gasteiger charge is 2.46. The van der Waals surface area contributed by atoms with Crippen LogP contribution in [-0.4, -0.2) is 55.9 Å². The Morgan fingerprint density at radius 3 is 2.56 bits per heavy atom. The summed E-state index contributed by atoms with van der Waals surface area (Å²) in [5, 5.41) is 11.4. The molecular formula is C25H26N4O5. The summed E-state index contributed by atoms with van der Waals surface area (Å²) in [6.07, 6.45) is 5.81. The molecule has 0 aliphatic carbocycles. The molecule has 9 nitrogen and oxygen atoms in total. The Hall–Kier alpha value is -4.14. The van der Waals surface area contributed by atoms with Gasteiger partial charge in [-0.05, 0) is 31.4 Å². The van der Waals surface area contributed by atoms with Crippen LogP contribution in [0.3, 0.4) is 0 Å². The molecule has 176 valence electrons. The first kappa shape index (κ1) is 23.0. The molecule has 3 aromatic rings. The molecule has 3 heterocycles. The van der Waals surface area contributed by atoms with Crippen molar-refractivity contribution in [2.24, 2.45) is 0 Å². The van der Waals surface area contributed by atoms with Crippen LogP contribution in [0.15, 0.2) is 54.6 Å². The van der Waals surface area contributed by atoms with Crippen molar-refractivity contribution < 1.29 is 24.2 Å². The lowest BCUT2D eigenvalue weighted by molar-refractivity contribution is -0.139. The number of carbonyl (C=O) groups excluding carboxylic acids is 3. The number of benzene rings is 1. The number of rotatable bonds is 7. The highest BCUT2D eigenvalue weighted by Crippen LogP contribution is 2.40. The number of H-pyrrole nitrogens is 1. The zero-order chi connectivity index (χ0) is 24.4. The standard InChI is InChI=1S/C25H26N4O5/c1-15-18(16(2)27-20(15)25(33)34-3)22(30)19-21(17-8-5-4-6-9-17)29(24(32)23(19)31)12-7-11-28-13-10-26-14-28/h4-6,8-10,13-14,21,27,30H,7,11-12H2,1-3H3/t21-/m0/s1. The molecule has 1 aliphatic heterocycles. The van der Waals surface area contributed by atoms with Crippen LogP contribution >= 0.6 is 0 Å². The highest BCUT2D eigenvalue weighted by atomic mass is 16.5. The summed E-state index contributed by atoms with van der Waals surface area (Å²) in [6, 6.07) is 8.39. The number of aliphatic hydroxyl groups excluding tert-OH is 1. The number of aliphatic hydroxyl groups is 1. The molecular weight excluding hydrogens is 436 g/mol. The Labute approximate surface area is 196 Å². The zero-order valence-electron chi connectivity index (χ0n) is 19.2. The van der Waals surface area contributed by atoms with E-state index in [2.05, 4.69) is 9.97 Å². The van der Waals surface area contributed by atoms with E-state index in [9.17, 15) is 19.5 Å². The third-order valence-corrected chi connectivity index (χ3v) is 6.09. The molecule has 34 heavy (non-hydrogen) atoms. The van der Waals surface area contributed by atoms with Crippen molar-refractivity contribution in [2.75, 3.05) is 13.7 Å². The van der Waals surface area contributed by atoms with Gasteiger partial charge in [-0.1, -0.05) is 30.3 Å². The fraction of sp³-hybridized carbons (Fsp3) is 0.280. The summed E-state index contributed by atoms with van der Waals surface area (Å²) in [5.74, 6) is -2.32. The van der Waals surface area contributed by atoms with Crippen LogP contribution in [-0.2, 0) is 20.9 Å². The molecule has 0 bridgehead atoms.